The van der Waals surface area contributed by atoms with Crippen LogP contribution in [0, 0.1) is 0 Å². The predicted octanol–water partition coefficient (Wildman–Crippen LogP) is 2.01. The maximum absolute atomic E-state index is 11.9. The molecule has 1 amide bonds. The number of benzene rings is 1. The first-order chi connectivity index (χ1) is 9.19. The Balaban J connectivity index is 1.83. The van der Waals surface area contributed by atoms with Crippen LogP contribution >= 0.6 is 0 Å². The highest BCUT2D eigenvalue weighted by atomic mass is 16.5. The minimum absolute atomic E-state index is 0.0569. The molecule has 0 aliphatic rings. The van der Waals surface area contributed by atoms with Crippen LogP contribution in [0.15, 0.2) is 42.7 Å². The normalized spacial score (nSPS) is 10.2. The summed E-state index contributed by atoms with van der Waals surface area (Å²) in [5, 5.41) is 2.91. The van der Waals surface area contributed by atoms with Crippen LogP contribution in [0.5, 0.6) is 5.75 Å². The zero-order valence-corrected chi connectivity index (χ0v) is 11.2. The zero-order chi connectivity index (χ0) is 13.7. The minimum atomic E-state index is -0.0569. The topological polar surface area (TPSA) is 43.3 Å². The van der Waals surface area contributed by atoms with Gasteiger partial charge in [0.25, 0.3) is 5.91 Å². The average Bonchev–Trinajstić information content (AvgIpc) is 2.84. The molecular formula is C15H18N2O2. The van der Waals surface area contributed by atoms with E-state index in [0.717, 1.165) is 12.2 Å². The van der Waals surface area contributed by atoms with E-state index in [-0.39, 0.29) is 5.91 Å². The average molecular weight is 258 g/mol. The van der Waals surface area contributed by atoms with Crippen molar-refractivity contribution in [1.29, 1.82) is 0 Å². The van der Waals surface area contributed by atoms with E-state index in [9.17, 15) is 4.79 Å². The summed E-state index contributed by atoms with van der Waals surface area (Å²) >= 11 is 0. The monoisotopic (exact) mass is 258 g/mol. The number of ether oxygens (including phenoxy) is 1. The second kappa shape index (κ2) is 6.09. The van der Waals surface area contributed by atoms with Crippen LogP contribution in [0.25, 0.3) is 0 Å². The van der Waals surface area contributed by atoms with E-state index < -0.39 is 0 Å². The first-order valence-electron chi connectivity index (χ1n) is 6.22. The van der Waals surface area contributed by atoms with Crippen molar-refractivity contribution in [1.82, 2.24) is 9.88 Å². The van der Waals surface area contributed by atoms with Gasteiger partial charge in [0.05, 0.1) is 7.11 Å². The van der Waals surface area contributed by atoms with Crippen LogP contribution in [-0.4, -0.2) is 24.1 Å². The van der Waals surface area contributed by atoms with E-state index in [2.05, 4.69) is 17.6 Å². The number of amides is 1. The Hall–Kier alpha value is -2.23. The summed E-state index contributed by atoms with van der Waals surface area (Å²) < 4.78 is 7.06. The van der Waals surface area contributed by atoms with Gasteiger partial charge in [0, 0.05) is 31.5 Å². The van der Waals surface area contributed by atoms with Crippen molar-refractivity contribution in [3.63, 3.8) is 0 Å². The third-order valence-electron chi connectivity index (χ3n) is 2.94. The summed E-state index contributed by atoms with van der Waals surface area (Å²) in [5.74, 6) is 0.694. The maximum Gasteiger partial charge on any atom is 0.251 e. The molecule has 1 aromatic heterocycles. The van der Waals surface area contributed by atoms with Gasteiger partial charge in [0.15, 0.2) is 0 Å². The lowest BCUT2D eigenvalue weighted by atomic mass is 10.2. The molecule has 2 rings (SSSR count). The second-order valence-electron chi connectivity index (χ2n) is 4.42. The Bertz CT molecular complexity index is 544. The zero-order valence-electron chi connectivity index (χ0n) is 11.2. The molecule has 0 atom stereocenters. The minimum Gasteiger partial charge on any atom is -0.497 e. The van der Waals surface area contributed by atoms with Crippen LogP contribution in [0.4, 0.5) is 0 Å². The van der Waals surface area contributed by atoms with E-state index in [0.29, 0.717) is 12.1 Å². The van der Waals surface area contributed by atoms with Gasteiger partial charge in [0.1, 0.15) is 5.75 Å². The molecule has 0 fully saturated rings. The number of methoxy groups -OCH3 is 1. The van der Waals surface area contributed by atoms with Crippen molar-refractivity contribution >= 4 is 5.91 Å². The Kier molecular flexibility index (Phi) is 4.23. The van der Waals surface area contributed by atoms with Gasteiger partial charge in [-0.25, -0.2) is 0 Å². The number of aryl methyl sites for hydroxylation is 1. The lowest BCUT2D eigenvalue weighted by Crippen LogP contribution is -2.25. The highest BCUT2D eigenvalue weighted by Gasteiger charge is 2.05. The van der Waals surface area contributed by atoms with E-state index in [4.69, 9.17) is 4.74 Å². The van der Waals surface area contributed by atoms with Crippen LogP contribution in [-0.2, 0) is 13.5 Å². The van der Waals surface area contributed by atoms with Crippen LogP contribution in [0.3, 0.4) is 0 Å². The summed E-state index contributed by atoms with van der Waals surface area (Å²) in [6, 6.07) is 9.14. The fourth-order valence-electron chi connectivity index (χ4n) is 1.87. The number of hydrogen-bond donors (Lipinski definition) is 1. The van der Waals surface area contributed by atoms with E-state index in [1.54, 1.807) is 31.4 Å². The Labute approximate surface area is 113 Å². The molecule has 0 saturated carbocycles. The number of nitrogens with zero attached hydrogens (tertiary/aromatic N) is 1. The van der Waals surface area contributed by atoms with Gasteiger partial charge in [0.2, 0.25) is 0 Å². The lowest BCUT2D eigenvalue weighted by Gasteiger charge is -2.05. The van der Waals surface area contributed by atoms with Gasteiger partial charge in [-0.2, -0.15) is 0 Å². The Morgan fingerprint density at radius 2 is 2.00 bits per heavy atom. The Morgan fingerprint density at radius 3 is 2.58 bits per heavy atom. The van der Waals surface area contributed by atoms with Crippen LogP contribution in [0.2, 0.25) is 0 Å². The molecule has 0 unspecified atom stereocenters. The SMILES string of the molecule is COc1ccc(C(=O)NCCc2ccn(C)c2)cc1. The molecule has 0 bridgehead atoms. The number of carbonyl (C=O) groups is 1. The third-order valence-corrected chi connectivity index (χ3v) is 2.94. The van der Waals surface area contributed by atoms with E-state index in [1.807, 2.05) is 17.8 Å². The molecular weight excluding hydrogens is 240 g/mol. The Morgan fingerprint density at radius 1 is 1.26 bits per heavy atom. The van der Waals surface area contributed by atoms with E-state index >= 15 is 0 Å². The van der Waals surface area contributed by atoms with Gasteiger partial charge < -0.3 is 14.6 Å². The molecule has 2 aromatic rings. The molecule has 4 nitrogen and oxygen atoms in total. The van der Waals surface area contributed by atoms with Crippen LogP contribution < -0.4 is 10.1 Å². The summed E-state index contributed by atoms with van der Waals surface area (Å²) in [6.07, 6.45) is 4.89. The molecule has 0 aliphatic heterocycles. The quantitative estimate of drug-likeness (QED) is 0.891. The second-order valence-corrected chi connectivity index (χ2v) is 4.42. The van der Waals surface area contributed by atoms with Crippen molar-refractivity contribution in [2.45, 2.75) is 6.42 Å². The van der Waals surface area contributed by atoms with Gasteiger partial charge in [-0.1, -0.05) is 0 Å². The number of hydrogen-bond acceptors (Lipinski definition) is 2. The van der Waals surface area contributed by atoms with Crippen molar-refractivity contribution in [2.75, 3.05) is 13.7 Å². The van der Waals surface area contributed by atoms with Gasteiger partial charge in [-0.05, 0) is 42.3 Å². The van der Waals surface area contributed by atoms with Crippen molar-refractivity contribution in [3.05, 3.63) is 53.9 Å². The molecule has 0 spiro atoms. The fourth-order valence-corrected chi connectivity index (χ4v) is 1.87. The molecule has 4 heteroatoms. The molecule has 19 heavy (non-hydrogen) atoms. The van der Waals surface area contributed by atoms with Crippen molar-refractivity contribution < 1.29 is 9.53 Å². The molecule has 0 saturated heterocycles. The van der Waals surface area contributed by atoms with E-state index in [1.165, 1.54) is 5.56 Å². The molecule has 1 aromatic carbocycles. The smallest absolute Gasteiger partial charge is 0.251 e. The van der Waals surface area contributed by atoms with Crippen molar-refractivity contribution in [2.24, 2.45) is 7.05 Å². The van der Waals surface area contributed by atoms with Gasteiger partial charge in [-0.3, -0.25) is 4.79 Å². The lowest BCUT2D eigenvalue weighted by molar-refractivity contribution is 0.0954. The molecule has 1 N–H and O–H groups in total. The summed E-state index contributed by atoms with van der Waals surface area (Å²) in [6.45, 7) is 0.634. The fraction of sp³-hybridized carbons (Fsp3) is 0.267. The molecule has 0 radical (unpaired) electrons. The largest absolute Gasteiger partial charge is 0.497 e. The summed E-state index contributed by atoms with van der Waals surface area (Å²) in [5.41, 5.74) is 1.87. The number of nitrogens with one attached hydrogen (secondary N) is 1. The first kappa shape index (κ1) is 13.2. The summed E-state index contributed by atoms with van der Waals surface area (Å²) in [7, 11) is 3.59. The maximum atomic E-state index is 11.9. The molecule has 0 aliphatic carbocycles. The van der Waals surface area contributed by atoms with Crippen LogP contribution in [0.1, 0.15) is 15.9 Å². The third kappa shape index (κ3) is 3.61. The highest BCUT2D eigenvalue weighted by Crippen LogP contribution is 2.11. The predicted molar refractivity (Wildman–Crippen MR) is 74.4 cm³/mol. The van der Waals surface area contributed by atoms with Gasteiger partial charge in [-0.15, -0.1) is 0 Å². The standard InChI is InChI=1S/C15H18N2O2/c1-17-10-8-12(11-17)7-9-16-15(18)13-3-5-14(19-2)6-4-13/h3-6,8,10-11H,7,9H2,1-2H3,(H,16,18). The highest BCUT2D eigenvalue weighted by molar-refractivity contribution is 5.94. The molecule has 100 valence electrons. The number of carbonyl (C=O) groups excluding carboxylic acids is 1. The number of rotatable bonds is 5. The van der Waals surface area contributed by atoms with Gasteiger partial charge >= 0.3 is 0 Å². The molecule has 1 heterocycles. The summed E-state index contributed by atoms with van der Waals surface area (Å²) in [4.78, 5) is 11.9. The number of aromatic nitrogens is 1. The van der Waals surface area contributed by atoms with Crippen molar-refractivity contribution in [3.8, 4) is 5.75 Å². The first-order valence-corrected chi connectivity index (χ1v) is 6.22.